The first kappa shape index (κ1) is 42.6. The van der Waals surface area contributed by atoms with Gasteiger partial charge in [0.1, 0.15) is 85.4 Å². The van der Waals surface area contributed by atoms with E-state index in [1.807, 2.05) is 0 Å². The smallest absolute Gasteiger partial charge is 0.217 e. The van der Waals surface area contributed by atoms with Gasteiger partial charge in [-0.3, -0.25) is 9.59 Å². The quantitative estimate of drug-likeness (QED) is 0.0742. The van der Waals surface area contributed by atoms with Crippen molar-refractivity contribution in [3.05, 3.63) is 0 Å². The van der Waals surface area contributed by atoms with Crippen molar-refractivity contribution in [1.82, 2.24) is 10.6 Å². The van der Waals surface area contributed by atoms with E-state index in [0.717, 1.165) is 13.8 Å². The molecule has 50 heavy (non-hydrogen) atoms. The molecule has 22 nitrogen and oxygen atoms in total. The van der Waals surface area contributed by atoms with E-state index in [4.69, 9.17) is 28.4 Å². The summed E-state index contributed by atoms with van der Waals surface area (Å²) in [5, 5.41) is 129. The van der Waals surface area contributed by atoms with Crippen LogP contribution in [-0.2, 0) is 38.0 Å². The van der Waals surface area contributed by atoms with Gasteiger partial charge in [0.25, 0.3) is 0 Å². The molecule has 19 atom stereocenters. The zero-order valence-electron chi connectivity index (χ0n) is 27.4. The van der Waals surface area contributed by atoms with Crippen molar-refractivity contribution in [1.29, 1.82) is 0 Å². The van der Waals surface area contributed by atoms with Gasteiger partial charge in [0.2, 0.25) is 11.8 Å². The lowest BCUT2D eigenvalue weighted by atomic mass is 9.95. The van der Waals surface area contributed by atoms with E-state index in [2.05, 4.69) is 10.6 Å². The molecule has 0 aromatic heterocycles. The molecule has 0 unspecified atom stereocenters. The van der Waals surface area contributed by atoms with Crippen molar-refractivity contribution in [2.24, 2.45) is 0 Å². The number of amides is 2. The van der Waals surface area contributed by atoms with Gasteiger partial charge in [0, 0.05) is 13.8 Å². The largest absolute Gasteiger partial charge is 0.394 e. The predicted molar refractivity (Wildman–Crippen MR) is 158 cm³/mol. The Bertz CT molecular complexity index is 1080. The fraction of sp³-hybridized carbons (Fsp3) is 0.929. The highest BCUT2D eigenvalue weighted by molar-refractivity contribution is 5.73. The second kappa shape index (κ2) is 18.8. The number of carbonyl (C=O) groups excluding carboxylic acids is 2. The summed E-state index contributed by atoms with van der Waals surface area (Å²) in [6.07, 6.45) is -29.1. The molecule has 0 radical (unpaired) electrons. The predicted octanol–water partition coefficient (Wildman–Crippen LogP) is -8.80. The van der Waals surface area contributed by atoms with Crippen LogP contribution in [0.3, 0.4) is 0 Å². The maximum absolute atomic E-state index is 12.2. The van der Waals surface area contributed by atoms with E-state index in [1.54, 1.807) is 0 Å². The molecule has 14 N–H and O–H groups in total. The molecule has 2 amide bonds. The number of carbonyl (C=O) groups is 2. The molecule has 0 aromatic rings. The molecule has 3 fully saturated rings. The first-order valence-corrected chi connectivity index (χ1v) is 15.8. The molecule has 0 aromatic carbocycles. The second-order valence-electron chi connectivity index (χ2n) is 12.4. The SMILES string of the molecule is CC(=O)N[C@H]1[C@H](OC[C@@H](O)[C@H](O)[C@H](O[C@@H]2O[C@H](CO)[C@H](O)[C@H](O)[C@H]2O)[C@H](CO)NC(C)=O)O[C@H](CO)[C@@H](O)[C@@H]1O[C@@H]1O[C@@H](C)[C@@H](O)[C@@H](O)[C@@H]1O. The molecular weight excluding hydrogens is 684 g/mol. The van der Waals surface area contributed by atoms with Gasteiger partial charge in [0.05, 0.1) is 38.6 Å². The number of ether oxygens (including phenoxy) is 6. The van der Waals surface area contributed by atoms with Gasteiger partial charge in [-0.15, -0.1) is 0 Å². The van der Waals surface area contributed by atoms with E-state index in [0.29, 0.717) is 0 Å². The Balaban J connectivity index is 1.84. The van der Waals surface area contributed by atoms with E-state index < -0.39 is 155 Å². The summed E-state index contributed by atoms with van der Waals surface area (Å²) >= 11 is 0. The van der Waals surface area contributed by atoms with Crippen LogP contribution in [0, 0.1) is 0 Å². The van der Waals surface area contributed by atoms with Gasteiger partial charge >= 0.3 is 0 Å². The van der Waals surface area contributed by atoms with Gasteiger partial charge in [-0.25, -0.2) is 0 Å². The molecule has 0 spiro atoms. The molecule has 22 heteroatoms. The van der Waals surface area contributed by atoms with Crippen LogP contribution in [0.15, 0.2) is 0 Å². The maximum Gasteiger partial charge on any atom is 0.217 e. The zero-order chi connectivity index (χ0) is 37.6. The average Bonchev–Trinajstić information content (AvgIpc) is 3.07. The highest BCUT2D eigenvalue weighted by Crippen LogP contribution is 2.30. The molecular formula is C28H50N2O20. The first-order chi connectivity index (χ1) is 23.5. The molecule has 0 aliphatic carbocycles. The summed E-state index contributed by atoms with van der Waals surface area (Å²) < 4.78 is 33.4. The minimum atomic E-state index is -2.11. The molecule has 3 heterocycles. The number of nitrogens with one attached hydrogen (secondary N) is 2. The van der Waals surface area contributed by atoms with E-state index in [-0.39, 0.29) is 0 Å². The Morgan fingerprint density at radius 1 is 0.720 bits per heavy atom. The average molecular weight is 735 g/mol. The Labute approximate surface area is 285 Å². The molecule has 3 rings (SSSR count). The molecule has 3 saturated heterocycles. The standard InChI is InChI=1S/C28H50N2O20/c1-8-16(37)20(41)22(43)27(46-8)50-25-15(30-10(3)35)26(47-14(6-33)19(25)40)45-7-12(36)17(38)24(11(4-31)29-9(2)34)49-28-23(44)21(42)18(39)13(5-32)48-28/h8,11-28,31-33,36-44H,4-7H2,1-3H3,(H,29,34)(H,30,35)/t8-,11-,12+,13+,14+,15+,16+,17-,18-,19+,20+,21-,22-,23+,24+,25+,26+,27-,28-/m0/s1. The lowest BCUT2D eigenvalue weighted by molar-refractivity contribution is -0.343. The van der Waals surface area contributed by atoms with Gasteiger partial charge < -0.3 is 100 Å². The Morgan fingerprint density at radius 2 is 1.28 bits per heavy atom. The Kier molecular flexibility index (Phi) is 16.0. The highest BCUT2D eigenvalue weighted by atomic mass is 16.7. The molecule has 0 bridgehead atoms. The van der Waals surface area contributed by atoms with Crippen molar-refractivity contribution >= 4 is 11.8 Å². The third-order valence-electron chi connectivity index (χ3n) is 8.61. The fourth-order valence-corrected chi connectivity index (χ4v) is 5.79. The summed E-state index contributed by atoms with van der Waals surface area (Å²) in [6, 6.07) is -2.97. The van der Waals surface area contributed by atoms with Crippen LogP contribution in [0.2, 0.25) is 0 Å². The van der Waals surface area contributed by atoms with E-state index in [1.165, 1.54) is 6.92 Å². The summed E-state index contributed by atoms with van der Waals surface area (Å²) in [5.41, 5.74) is 0. The highest BCUT2D eigenvalue weighted by Gasteiger charge is 2.52. The topological polar surface area (TPSA) is 356 Å². The third kappa shape index (κ3) is 10.00. The summed E-state index contributed by atoms with van der Waals surface area (Å²) in [5.74, 6) is -1.43. The van der Waals surface area contributed by atoms with Gasteiger partial charge in [-0.1, -0.05) is 0 Å². The maximum atomic E-state index is 12.2. The minimum Gasteiger partial charge on any atom is -0.394 e. The van der Waals surface area contributed by atoms with Crippen LogP contribution in [0.1, 0.15) is 20.8 Å². The normalized spacial score (nSPS) is 41.9. The Hall–Kier alpha value is -1.78. The van der Waals surface area contributed by atoms with Crippen molar-refractivity contribution in [2.75, 3.05) is 26.4 Å². The number of hydrogen-bond acceptors (Lipinski definition) is 20. The van der Waals surface area contributed by atoms with Crippen molar-refractivity contribution in [3.63, 3.8) is 0 Å². The second-order valence-corrected chi connectivity index (χ2v) is 12.4. The van der Waals surface area contributed by atoms with Crippen molar-refractivity contribution in [3.8, 4) is 0 Å². The third-order valence-corrected chi connectivity index (χ3v) is 8.61. The number of hydrogen-bond donors (Lipinski definition) is 14. The summed E-state index contributed by atoms with van der Waals surface area (Å²) in [6.45, 7) is 0.0591. The lowest BCUT2D eigenvalue weighted by Gasteiger charge is -2.47. The van der Waals surface area contributed by atoms with Gasteiger partial charge in [-0.05, 0) is 6.92 Å². The van der Waals surface area contributed by atoms with Crippen molar-refractivity contribution in [2.45, 2.75) is 137 Å². The van der Waals surface area contributed by atoms with Crippen LogP contribution in [-0.4, -0.2) is 216 Å². The van der Waals surface area contributed by atoms with Crippen LogP contribution < -0.4 is 10.6 Å². The molecule has 3 aliphatic rings. The zero-order valence-corrected chi connectivity index (χ0v) is 27.4. The van der Waals surface area contributed by atoms with Crippen LogP contribution in [0.5, 0.6) is 0 Å². The fourth-order valence-electron chi connectivity index (χ4n) is 5.79. The minimum absolute atomic E-state index is 0.709. The van der Waals surface area contributed by atoms with Gasteiger partial charge in [-0.2, -0.15) is 0 Å². The monoisotopic (exact) mass is 734 g/mol. The summed E-state index contributed by atoms with van der Waals surface area (Å²) in [4.78, 5) is 24.1. The lowest BCUT2D eigenvalue weighted by Crippen LogP contribution is -2.68. The Morgan fingerprint density at radius 3 is 1.84 bits per heavy atom. The molecule has 3 aliphatic heterocycles. The molecule has 292 valence electrons. The van der Waals surface area contributed by atoms with Crippen LogP contribution in [0.4, 0.5) is 0 Å². The van der Waals surface area contributed by atoms with Crippen molar-refractivity contribution < 1.29 is 99.3 Å². The van der Waals surface area contributed by atoms with E-state index in [9.17, 15) is 70.9 Å². The summed E-state index contributed by atoms with van der Waals surface area (Å²) in [7, 11) is 0. The van der Waals surface area contributed by atoms with Crippen LogP contribution >= 0.6 is 0 Å². The number of rotatable bonds is 15. The number of aliphatic hydroxyl groups excluding tert-OH is 12. The molecule has 0 saturated carbocycles. The van der Waals surface area contributed by atoms with Gasteiger partial charge in [0.15, 0.2) is 18.9 Å². The number of aliphatic hydroxyl groups is 12. The first-order valence-electron chi connectivity index (χ1n) is 15.8. The van der Waals surface area contributed by atoms with E-state index >= 15 is 0 Å². The van der Waals surface area contributed by atoms with Crippen LogP contribution in [0.25, 0.3) is 0 Å².